The Balaban J connectivity index is 1.92. The molecule has 2 aromatic rings. The van der Waals surface area contributed by atoms with Gasteiger partial charge in [-0.1, -0.05) is 6.07 Å². The van der Waals surface area contributed by atoms with Crippen LogP contribution in [0, 0.1) is 6.92 Å². The van der Waals surface area contributed by atoms with Gasteiger partial charge in [-0.05, 0) is 25.1 Å². The van der Waals surface area contributed by atoms with Crippen molar-refractivity contribution in [1.82, 2.24) is 15.2 Å². The lowest BCUT2D eigenvalue weighted by molar-refractivity contribution is 0.768. The van der Waals surface area contributed by atoms with Crippen LogP contribution >= 0.6 is 0 Å². The number of nitrogens with zero attached hydrogens (tertiary/aromatic N) is 5. The summed E-state index contributed by atoms with van der Waals surface area (Å²) < 4.78 is 0. The average Bonchev–Trinajstić information content (AvgIpc) is 2.60. The van der Waals surface area contributed by atoms with Crippen LogP contribution in [0.15, 0.2) is 30.5 Å². The third kappa shape index (κ3) is 2.36. The van der Waals surface area contributed by atoms with Crippen molar-refractivity contribution in [2.45, 2.75) is 13.5 Å². The van der Waals surface area contributed by atoms with E-state index in [-0.39, 0.29) is 0 Å². The van der Waals surface area contributed by atoms with Gasteiger partial charge in [-0.3, -0.25) is 0 Å². The maximum absolute atomic E-state index is 4.47. The first-order valence-corrected chi connectivity index (χ1v) is 6.44. The van der Waals surface area contributed by atoms with Gasteiger partial charge in [0, 0.05) is 38.4 Å². The topological polar surface area (TPSA) is 45.2 Å². The minimum Gasteiger partial charge on any atom is -0.358 e. The molecule has 5 nitrogen and oxygen atoms in total. The highest BCUT2D eigenvalue weighted by atomic mass is 15.3. The van der Waals surface area contributed by atoms with Crippen molar-refractivity contribution in [1.29, 1.82) is 0 Å². The van der Waals surface area contributed by atoms with Gasteiger partial charge in [0.05, 0.1) is 5.69 Å². The first-order valence-electron chi connectivity index (χ1n) is 6.44. The Hall–Kier alpha value is -2.17. The fourth-order valence-corrected chi connectivity index (χ4v) is 2.31. The standard InChI is InChI=1S/C14H17N5/c1-11-5-6-13(17-16-11)19-9-8-18(2)14-12(10-19)4-3-7-15-14/h3-7H,8-10H2,1-2H3. The number of rotatable bonds is 1. The summed E-state index contributed by atoms with van der Waals surface area (Å²) in [5.41, 5.74) is 2.17. The fraction of sp³-hybridized carbons (Fsp3) is 0.357. The van der Waals surface area contributed by atoms with Crippen molar-refractivity contribution in [3.8, 4) is 0 Å². The van der Waals surface area contributed by atoms with E-state index in [9.17, 15) is 0 Å². The number of likely N-dealkylation sites (N-methyl/N-ethyl adjacent to an activating group) is 1. The minimum absolute atomic E-state index is 0.825. The van der Waals surface area contributed by atoms with Crippen LogP contribution in [0.5, 0.6) is 0 Å². The van der Waals surface area contributed by atoms with Crippen LogP contribution in [0.3, 0.4) is 0 Å². The van der Waals surface area contributed by atoms with Gasteiger partial charge in [0.25, 0.3) is 0 Å². The van der Waals surface area contributed by atoms with Gasteiger partial charge in [-0.2, -0.15) is 5.10 Å². The predicted octanol–water partition coefficient (Wildman–Crippen LogP) is 1.64. The molecular formula is C14H17N5. The molecule has 0 fully saturated rings. The van der Waals surface area contributed by atoms with E-state index in [1.54, 1.807) is 0 Å². The summed E-state index contributed by atoms with van der Waals surface area (Å²) in [6, 6.07) is 8.14. The summed E-state index contributed by atoms with van der Waals surface area (Å²) in [6.45, 7) is 4.63. The number of anilines is 2. The van der Waals surface area contributed by atoms with E-state index in [4.69, 9.17) is 0 Å². The molecule has 0 saturated heterocycles. The Kier molecular flexibility index (Phi) is 3.03. The average molecular weight is 255 g/mol. The van der Waals surface area contributed by atoms with E-state index in [1.807, 2.05) is 31.3 Å². The van der Waals surface area contributed by atoms with Crippen LogP contribution in [0.25, 0.3) is 0 Å². The maximum atomic E-state index is 4.47. The number of aromatic nitrogens is 3. The second kappa shape index (κ2) is 4.84. The van der Waals surface area contributed by atoms with E-state index in [1.165, 1.54) is 5.56 Å². The Morgan fingerprint density at radius 3 is 2.79 bits per heavy atom. The zero-order valence-corrected chi connectivity index (χ0v) is 11.2. The first kappa shape index (κ1) is 11.9. The molecule has 0 saturated carbocycles. The number of pyridine rings is 1. The molecule has 19 heavy (non-hydrogen) atoms. The van der Waals surface area contributed by atoms with Gasteiger partial charge >= 0.3 is 0 Å². The lowest BCUT2D eigenvalue weighted by Gasteiger charge is -2.21. The van der Waals surface area contributed by atoms with E-state index >= 15 is 0 Å². The number of aryl methyl sites for hydroxylation is 1. The molecule has 3 heterocycles. The highest BCUT2D eigenvalue weighted by Crippen LogP contribution is 2.23. The normalized spacial score (nSPS) is 15.1. The van der Waals surface area contributed by atoms with Gasteiger partial charge in [0.15, 0.2) is 5.82 Å². The second-order valence-corrected chi connectivity index (χ2v) is 4.86. The van der Waals surface area contributed by atoms with Crippen LogP contribution < -0.4 is 9.80 Å². The third-order valence-electron chi connectivity index (χ3n) is 3.40. The molecule has 0 aromatic carbocycles. The van der Waals surface area contributed by atoms with E-state index in [0.29, 0.717) is 0 Å². The number of hydrogen-bond donors (Lipinski definition) is 0. The molecule has 1 aliphatic rings. The second-order valence-electron chi connectivity index (χ2n) is 4.86. The Labute approximate surface area is 112 Å². The summed E-state index contributed by atoms with van der Waals surface area (Å²) in [6.07, 6.45) is 1.84. The van der Waals surface area contributed by atoms with Gasteiger partial charge in [0.2, 0.25) is 0 Å². The molecule has 0 radical (unpaired) electrons. The molecule has 0 bridgehead atoms. The Bertz CT molecular complexity index is 566. The third-order valence-corrected chi connectivity index (χ3v) is 3.40. The first-order chi connectivity index (χ1) is 9.24. The summed E-state index contributed by atoms with van der Waals surface area (Å²) in [5.74, 6) is 1.99. The zero-order valence-electron chi connectivity index (χ0n) is 11.2. The van der Waals surface area contributed by atoms with Crippen molar-refractivity contribution in [2.24, 2.45) is 0 Å². The molecule has 0 aliphatic carbocycles. The predicted molar refractivity (Wildman–Crippen MR) is 75.3 cm³/mol. The highest BCUT2D eigenvalue weighted by Gasteiger charge is 2.19. The molecule has 5 heteroatoms. The Morgan fingerprint density at radius 2 is 2.00 bits per heavy atom. The molecule has 0 atom stereocenters. The van der Waals surface area contributed by atoms with Crippen molar-refractivity contribution >= 4 is 11.6 Å². The van der Waals surface area contributed by atoms with Gasteiger partial charge in [-0.15, -0.1) is 5.10 Å². The van der Waals surface area contributed by atoms with Crippen LogP contribution in [0.4, 0.5) is 11.6 Å². The molecule has 0 N–H and O–H groups in total. The number of hydrogen-bond acceptors (Lipinski definition) is 5. The highest BCUT2D eigenvalue weighted by molar-refractivity contribution is 5.51. The maximum Gasteiger partial charge on any atom is 0.151 e. The van der Waals surface area contributed by atoms with Crippen molar-refractivity contribution < 1.29 is 0 Å². The summed E-state index contributed by atoms with van der Waals surface area (Å²) in [4.78, 5) is 8.90. The smallest absolute Gasteiger partial charge is 0.151 e. The van der Waals surface area contributed by atoms with Crippen LogP contribution in [0.1, 0.15) is 11.3 Å². The number of fused-ring (bicyclic) bond motifs is 1. The van der Waals surface area contributed by atoms with Crippen molar-refractivity contribution in [3.63, 3.8) is 0 Å². The lowest BCUT2D eigenvalue weighted by Crippen LogP contribution is -2.29. The molecular weight excluding hydrogens is 238 g/mol. The van der Waals surface area contributed by atoms with Gasteiger partial charge in [0.1, 0.15) is 5.82 Å². The van der Waals surface area contributed by atoms with Gasteiger partial charge in [-0.25, -0.2) is 4.98 Å². The van der Waals surface area contributed by atoms with E-state index in [2.05, 4.69) is 38.1 Å². The van der Waals surface area contributed by atoms with Crippen molar-refractivity contribution in [2.75, 3.05) is 29.9 Å². The molecule has 0 unspecified atom stereocenters. The molecule has 0 amide bonds. The lowest BCUT2D eigenvalue weighted by atomic mass is 10.2. The molecule has 3 rings (SSSR count). The summed E-state index contributed by atoms with van der Waals surface area (Å²) in [7, 11) is 2.08. The Morgan fingerprint density at radius 1 is 1.11 bits per heavy atom. The molecule has 1 aliphatic heterocycles. The van der Waals surface area contributed by atoms with Crippen LogP contribution in [-0.2, 0) is 6.54 Å². The fourth-order valence-electron chi connectivity index (χ4n) is 2.31. The monoisotopic (exact) mass is 255 g/mol. The quantitative estimate of drug-likeness (QED) is 0.775. The van der Waals surface area contributed by atoms with Crippen LogP contribution in [-0.4, -0.2) is 35.3 Å². The van der Waals surface area contributed by atoms with E-state index in [0.717, 1.165) is 37.0 Å². The SMILES string of the molecule is Cc1ccc(N2CCN(C)c3ncccc3C2)nn1. The minimum atomic E-state index is 0.825. The molecule has 2 aromatic heterocycles. The molecule has 0 spiro atoms. The van der Waals surface area contributed by atoms with Crippen molar-refractivity contribution in [3.05, 3.63) is 41.7 Å². The van der Waals surface area contributed by atoms with Gasteiger partial charge < -0.3 is 9.80 Å². The summed E-state index contributed by atoms with van der Waals surface area (Å²) in [5, 5.41) is 8.42. The molecule has 98 valence electrons. The van der Waals surface area contributed by atoms with E-state index < -0.39 is 0 Å². The largest absolute Gasteiger partial charge is 0.358 e. The van der Waals surface area contributed by atoms with Crippen LogP contribution in [0.2, 0.25) is 0 Å². The zero-order chi connectivity index (χ0) is 13.2. The summed E-state index contributed by atoms with van der Waals surface area (Å²) >= 11 is 0.